The smallest absolute Gasteiger partial charge is 0.195 e. The van der Waals surface area contributed by atoms with E-state index in [1.807, 2.05) is 0 Å². The predicted octanol–water partition coefficient (Wildman–Crippen LogP) is 4.43. The van der Waals surface area contributed by atoms with Gasteiger partial charge in [-0.05, 0) is 30.7 Å². The van der Waals surface area contributed by atoms with Crippen LogP contribution in [0.2, 0.25) is 0 Å². The molecule has 1 heterocycles. The van der Waals surface area contributed by atoms with Gasteiger partial charge >= 0.3 is 0 Å². The van der Waals surface area contributed by atoms with Crippen LogP contribution in [0.3, 0.4) is 0 Å². The molecule has 0 radical (unpaired) electrons. The number of hydrogen-bond acceptors (Lipinski definition) is 3. The topological polar surface area (TPSA) is 30.7 Å². The maximum atomic E-state index is 4.53. The molecule has 1 saturated carbocycles. The third-order valence-corrected chi connectivity index (χ3v) is 4.73. The Balaban J connectivity index is 2.01. The van der Waals surface area contributed by atoms with Crippen LogP contribution in [0.5, 0.6) is 0 Å². The Morgan fingerprint density at radius 2 is 1.85 bits per heavy atom. The average Bonchev–Trinajstić information content (AvgIpc) is 2.93. The SMILES string of the molecule is CCSc1nnc(C2CCCCC2)n1-c1ccccc1. The normalized spacial score (nSPS) is 16.4. The van der Waals surface area contributed by atoms with Gasteiger partial charge in [-0.2, -0.15) is 0 Å². The summed E-state index contributed by atoms with van der Waals surface area (Å²) < 4.78 is 2.27. The fraction of sp³-hybridized carbons (Fsp3) is 0.500. The van der Waals surface area contributed by atoms with Crippen molar-refractivity contribution < 1.29 is 0 Å². The molecule has 3 nitrogen and oxygen atoms in total. The van der Waals surface area contributed by atoms with Gasteiger partial charge in [-0.3, -0.25) is 4.57 Å². The first-order valence-corrected chi connectivity index (χ1v) is 8.52. The van der Waals surface area contributed by atoms with Gasteiger partial charge in [0.25, 0.3) is 0 Å². The van der Waals surface area contributed by atoms with Crippen LogP contribution >= 0.6 is 11.8 Å². The zero-order valence-electron chi connectivity index (χ0n) is 12.0. The lowest BCUT2D eigenvalue weighted by atomic mass is 9.88. The third kappa shape index (κ3) is 2.75. The molecule has 1 aliphatic carbocycles. The minimum Gasteiger partial charge on any atom is -0.274 e. The average molecular weight is 287 g/mol. The van der Waals surface area contributed by atoms with Crippen LogP contribution in [0.15, 0.2) is 35.5 Å². The van der Waals surface area contributed by atoms with Gasteiger partial charge in [0.05, 0.1) is 0 Å². The maximum Gasteiger partial charge on any atom is 0.195 e. The molecule has 0 aliphatic heterocycles. The van der Waals surface area contributed by atoms with Crippen molar-refractivity contribution in [2.24, 2.45) is 0 Å². The van der Waals surface area contributed by atoms with Gasteiger partial charge in [0.15, 0.2) is 5.16 Å². The van der Waals surface area contributed by atoms with E-state index in [1.165, 1.54) is 37.8 Å². The molecule has 20 heavy (non-hydrogen) atoms. The van der Waals surface area contributed by atoms with E-state index < -0.39 is 0 Å². The minimum absolute atomic E-state index is 0.572. The van der Waals surface area contributed by atoms with Crippen molar-refractivity contribution in [2.75, 3.05) is 5.75 Å². The van der Waals surface area contributed by atoms with Crippen LogP contribution in [0.25, 0.3) is 5.69 Å². The largest absolute Gasteiger partial charge is 0.274 e. The lowest BCUT2D eigenvalue weighted by molar-refractivity contribution is 0.423. The van der Waals surface area contributed by atoms with Crippen LogP contribution in [-0.4, -0.2) is 20.5 Å². The van der Waals surface area contributed by atoms with Crippen LogP contribution < -0.4 is 0 Å². The minimum atomic E-state index is 0.572. The Bertz CT molecular complexity index is 544. The second kappa shape index (κ2) is 6.44. The summed E-state index contributed by atoms with van der Waals surface area (Å²) >= 11 is 1.77. The number of rotatable bonds is 4. The molecule has 0 N–H and O–H groups in total. The molecule has 1 aromatic carbocycles. The van der Waals surface area contributed by atoms with Crippen molar-refractivity contribution in [2.45, 2.75) is 50.1 Å². The van der Waals surface area contributed by atoms with Crippen LogP contribution in [0.1, 0.15) is 50.8 Å². The molecule has 0 amide bonds. The summed E-state index contributed by atoms with van der Waals surface area (Å²) in [5, 5.41) is 9.99. The molecule has 4 heteroatoms. The van der Waals surface area contributed by atoms with E-state index in [-0.39, 0.29) is 0 Å². The van der Waals surface area contributed by atoms with Crippen molar-refractivity contribution in [3.8, 4) is 5.69 Å². The standard InChI is InChI=1S/C16H21N3S/c1-2-20-16-18-17-15(13-9-5-3-6-10-13)19(16)14-11-7-4-8-12-14/h4,7-8,11-13H,2-3,5-6,9-10H2,1H3. The Kier molecular flexibility index (Phi) is 4.41. The van der Waals surface area contributed by atoms with Crippen molar-refractivity contribution in [1.82, 2.24) is 14.8 Å². The molecular formula is C16H21N3S. The molecule has 0 spiro atoms. The van der Waals surface area contributed by atoms with Crippen molar-refractivity contribution >= 4 is 11.8 Å². The molecule has 1 aromatic heterocycles. The molecule has 1 aliphatic rings. The van der Waals surface area contributed by atoms with E-state index in [9.17, 15) is 0 Å². The highest BCUT2D eigenvalue weighted by atomic mass is 32.2. The van der Waals surface area contributed by atoms with Crippen LogP contribution in [0, 0.1) is 0 Å². The summed E-state index contributed by atoms with van der Waals surface area (Å²) in [4.78, 5) is 0. The molecule has 0 atom stereocenters. The molecule has 1 fully saturated rings. The summed E-state index contributed by atoms with van der Waals surface area (Å²) in [7, 11) is 0. The van der Waals surface area contributed by atoms with Crippen LogP contribution in [0.4, 0.5) is 0 Å². The van der Waals surface area contributed by atoms with Gasteiger partial charge in [0.1, 0.15) is 5.82 Å². The molecule has 106 valence electrons. The molecule has 2 aromatic rings. The highest BCUT2D eigenvalue weighted by Crippen LogP contribution is 2.34. The van der Waals surface area contributed by atoms with Crippen molar-refractivity contribution in [3.05, 3.63) is 36.2 Å². The second-order valence-electron chi connectivity index (χ2n) is 5.28. The lowest BCUT2D eigenvalue weighted by Gasteiger charge is -2.21. The Hall–Kier alpha value is -1.29. The van der Waals surface area contributed by atoms with Gasteiger partial charge < -0.3 is 0 Å². The number of benzene rings is 1. The first-order chi connectivity index (χ1) is 9.90. The van der Waals surface area contributed by atoms with Gasteiger partial charge in [0.2, 0.25) is 0 Å². The zero-order chi connectivity index (χ0) is 13.8. The quantitative estimate of drug-likeness (QED) is 0.780. The van der Waals surface area contributed by atoms with Crippen molar-refractivity contribution in [1.29, 1.82) is 0 Å². The lowest BCUT2D eigenvalue weighted by Crippen LogP contribution is -2.11. The van der Waals surface area contributed by atoms with Crippen molar-refractivity contribution in [3.63, 3.8) is 0 Å². The van der Waals surface area contributed by atoms with E-state index in [0.29, 0.717) is 5.92 Å². The van der Waals surface area contributed by atoms with E-state index in [2.05, 4.69) is 52.0 Å². The van der Waals surface area contributed by atoms with Crippen LogP contribution in [-0.2, 0) is 0 Å². The fourth-order valence-corrected chi connectivity index (χ4v) is 3.63. The number of thioether (sulfide) groups is 1. The number of aromatic nitrogens is 3. The van der Waals surface area contributed by atoms with Gasteiger partial charge in [-0.25, -0.2) is 0 Å². The summed E-state index contributed by atoms with van der Waals surface area (Å²) in [6.45, 7) is 2.16. The Morgan fingerprint density at radius 1 is 1.10 bits per heavy atom. The monoisotopic (exact) mass is 287 g/mol. The van der Waals surface area contributed by atoms with Gasteiger partial charge in [-0.15, -0.1) is 10.2 Å². The first kappa shape index (κ1) is 13.7. The third-order valence-electron chi connectivity index (χ3n) is 3.92. The second-order valence-corrected chi connectivity index (χ2v) is 6.51. The molecule has 0 unspecified atom stereocenters. The highest BCUT2D eigenvalue weighted by Gasteiger charge is 2.23. The first-order valence-electron chi connectivity index (χ1n) is 7.53. The van der Waals surface area contributed by atoms with E-state index in [1.54, 1.807) is 11.8 Å². The molecule has 3 rings (SSSR count). The number of para-hydroxylation sites is 1. The molecule has 0 saturated heterocycles. The fourth-order valence-electron chi connectivity index (χ4n) is 2.95. The molecular weight excluding hydrogens is 266 g/mol. The number of hydrogen-bond donors (Lipinski definition) is 0. The van der Waals surface area contributed by atoms with E-state index in [4.69, 9.17) is 0 Å². The Morgan fingerprint density at radius 3 is 2.55 bits per heavy atom. The van der Waals surface area contributed by atoms with Gasteiger partial charge in [0, 0.05) is 11.6 Å². The Labute approximate surface area is 124 Å². The number of nitrogens with zero attached hydrogens (tertiary/aromatic N) is 3. The zero-order valence-corrected chi connectivity index (χ0v) is 12.8. The summed E-state index contributed by atoms with van der Waals surface area (Å²) in [5.74, 6) is 2.75. The summed E-state index contributed by atoms with van der Waals surface area (Å²) in [6, 6.07) is 10.5. The summed E-state index contributed by atoms with van der Waals surface area (Å²) in [6.07, 6.45) is 6.52. The maximum absolute atomic E-state index is 4.53. The summed E-state index contributed by atoms with van der Waals surface area (Å²) in [5.41, 5.74) is 1.19. The van der Waals surface area contributed by atoms with Gasteiger partial charge in [-0.1, -0.05) is 56.1 Å². The molecule has 0 bridgehead atoms. The van der Waals surface area contributed by atoms with E-state index in [0.717, 1.165) is 16.7 Å². The predicted molar refractivity (Wildman–Crippen MR) is 83.6 cm³/mol. The van der Waals surface area contributed by atoms with E-state index >= 15 is 0 Å². The highest BCUT2D eigenvalue weighted by molar-refractivity contribution is 7.99.